The first kappa shape index (κ1) is 21.6. The molecule has 0 aliphatic rings. The molecule has 0 amide bonds. The van der Waals surface area contributed by atoms with Crippen LogP contribution in [0.4, 0.5) is 4.39 Å². The summed E-state index contributed by atoms with van der Waals surface area (Å²) in [4.78, 5) is 11.3. The van der Waals surface area contributed by atoms with Gasteiger partial charge in [-0.3, -0.25) is 4.79 Å². The summed E-state index contributed by atoms with van der Waals surface area (Å²) in [6.45, 7) is 4.99. The van der Waals surface area contributed by atoms with Crippen molar-refractivity contribution in [2.45, 2.75) is 39.3 Å². The maximum absolute atomic E-state index is 13.0. The minimum atomic E-state index is -0.810. The monoisotopic (exact) mass is 485 g/mol. The number of carboxylic acids is 1. The second-order valence-electron chi connectivity index (χ2n) is 6.89. The van der Waals surface area contributed by atoms with Gasteiger partial charge in [0.25, 0.3) is 0 Å². The van der Waals surface area contributed by atoms with Gasteiger partial charge in [-0.05, 0) is 82.8 Å². The van der Waals surface area contributed by atoms with Crippen molar-refractivity contribution in [3.8, 4) is 5.75 Å². The van der Waals surface area contributed by atoms with E-state index in [1.165, 1.54) is 12.1 Å². The summed E-state index contributed by atoms with van der Waals surface area (Å²) >= 11 is 2.27. The van der Waals surface area contributed by atoms with Crippen LogP contribution in [0.5, 0.6) is 5.75 Å². The zero-order valence-electron chi connectivity index (χ0n) is 15.5. The summed E-state index contributed by atoms with van der Waals surface area (Å²) in [5.41, 5.74) is 2.00. The minimum absolute atomic E-state index is 0.264. The predicted molar refractivity (Wildman–Crippen MR) is 112 cm³/mol. The Morgan fingerprint density at radius 2 is 1.93 bits per heavy atom. The maximum atomic E-state index is 13.0. The first-order valence-electron chi connectivity index (χ1n) is 8.97. The lowest BCUT2D eigenvalue weighted by atomic mass is 10.0. The third-order valence-electron chi connectivity index (χ3n) is 4.13. The predicted octanol–water partition coefficient (Wildman–Crippen LogP) is 4.64. The van der Waals surface area contributed by atoms with Gasteiger partial charge in [0.2, 0.25) is 0 Å². The normalized spacial score (nSPS) is 12.2. The Morgan fingerprint density at radius 1 is 1.22 bits per heavy atom. The molecule has 0 heterocycles. The van der Waals surface area contributed by atoms with Crippen LogP contribution >= 0.6 is 22.6 Å². The van der Waals surface area contributed by atoms with Crippen LogP contribution in [-0.2, 0) is 17.8 Å². The third-order valence-corrected chi connectivity index (χ3v) is 5.18. The average Bonchev–Trinajstić information content (AvgIpc) is 2.62. The number of benzene rings is 2. The molecule has 2 aromatic rings. The molecule has 0 saturated heterocycles. The van der Waals surface area contributed by atoms with Crippen molar-refractivity contribution in [1.82, 2.24) is 5.32 Å². The standard InChI is InChI=1S/C21H25FINO3/c1-14(2)11-20(21(25)26)24-10-9-16-12-18(7-8-19(16)23)27-13-15-3-5-17(22)6-4-15/h3-8,12,14,20,24H,9-11,13H2,1-2H3,(H,25,26). The zero-order chi connectivity index (χ0) is 19.8. The van der Waals surface area contributed by atoms with Crippen molar-refractivity contribution in [2.75, 3.05) is 6.54 Å². The number of hydrogen-bond donors (Lipinski definition) is 2. The topological polar surface area (TPSA) is 58.6 Å². The summed E-state index contributed by atoms with van der Waals surface area (Å²) < 4.78 is 19.9. The van der Waals surface area contributed by atoms with E-state index in [4.69, 9.17) is 4.74 Å². The molecule has 1 unspecified atom stereocenters. The second kappa shape index (κ2) is 10.6. The molecule has 2 rings (SSSR count). The van der Waals surface area contributed by atoms with Crippen LogP contribution in [-0.4, -0.2) is 23.7 Å². The van der Waals surface area contributed by atoms with Gasteiger partial charge in [-0.25, -0.2) is 4.39 Å². The molecule has 0 aromatic heterocycles. The molecule has 2 aromatic carbocycles. The number of halogens is 2. The molecule has 0 fully saturated rings. The van der Waals surface area contributed by atoms with Crippen molar-refractivity contribution in [2.24, 2.45) is 5.92 Å². The second-order valence-corrected chi connectivity index (χ2v) is 8.06. The summed E-state index contributed by atoms with van der Waals surface area (Å²) in [5.74, 6) is -0.0108. The summed E-state index contributed by atoms with van der Waals surface area (Å²) in [6, 6.07) is 11.6. The zero-order valence-corrected chi connectivity index (χ0v) is 17.7. The molecule has 146 valence electrons. The fourth-order valence-electron chi connectivity index (χ4n) is 2.70. The Bertz CT molecular complexity index is 750. The molecule has 2 N–H and O–H groups in total. The van der Waals surface area contributed by atoms with Gasteiger partial charge in [0, 0.05) is 10.1 Å². The molecular formula is C21H25FINO3. The van der Waals surface area contributed by atoms with E-state index in [-0.39, 0.29) is 5.82 Å². The lowest BCUT2D eigenvalue weighted by Gasteiger charge is -2.17. The van der Waals surface area contributed by atoms with Crippen molar-refractivity contribution < 1.29 is 19.0 Å². The van der Waals surface area contributed by atoms with E-state index < -0.39 is 12.0 Å². The number of carboxylic acid groups (broad SMARTS) is 1. The Balaban J connectivity index is 1.92. The Hall–Kier alpha value is -1.67. The molecule has 0 saturated carbocycles. The number of ether oxygens (including phenoxy) is 1. The number of rotatable bonds is 10. The minimum Gasteiger partial charge on any atom is -0.489 e. The lowest BCUT2D eigenvalue weighted by molar-refractivity contribution is -0.139. The quantitative estimate of drug-likeness (QED) is 0.482. The van der Waals surface area contributed by atoms with Crippen LogP contribution < -0.4 is 10.1 Å². The largest absolute Gasteiger partial charge is 0.489 e. The Morgan fingerprint density at radius 3 is 2.56 bits per heavy atom. The SMILES string of the molecule is CC(C)CC(NCCc1cc(OCc2ccc(F)cc2)ccc1I)C(=O)O. The van der Waals surface area contributed by atoms with Crippen LogP contribution in [0.3, 0.4) is 0 Å². The van der Waals surface area contributed by atoms with Gasteiger partial charge in [0.1, 0.15) is 24.2 Å². The smallest absolute Gasteiger partial charge is 0.320 e. The first-order chi connectivity index (χ1) is 12.8. The molecule has 0 bridgehead atoms. The molecule has 0 aliphatic carbocycles. The van der Waals surface area contributed by atoms with Gasteiger partial charge in [0.05, 0.1) is 0 Å². The highest BCUT2D eigenvalue weighted by Gasteiger charge is 2.17. The molecule has 0 radical (unpaired) electrons. The van der Waals surface area contributed by atoms with E-state index in [9.17, 15) is 14.3 Å². The summed E-state index contributed by atoms with van der Waals surface area (Å²) in [5, 5.41) is 12.4. The van der Waals surface area contributed by atoms with E-state index in [1.807, 2.05) is 32.0 Å². The lowest BCUT2D eigenvalue weighted by Crippen LogP contribution is -2.38. The number of hydrogen-bond acceptors (Lipinski definition) is 3. The fourth-order valence-corrected chi connectivity index (χ4v) is 3.31. The third kappa shape index (κ3) is 7.46. The molecule has 4 nitrogen and oxygen atoms in total. The Kier molecular flexibility index (Phi) is 8.50. The Labute approximate surface area is 173 Å². The number of aliphatic carboxylic acids is 1. The van der Waals surface area contributed by atoms with Crippen molar-refractivity contribution >= 4 is 28.6 Å². The summed E-state index contributed by atoms with van der Waals surface area (Å²) in [7, 11) is 0. The molecular weight excluding hydrogens is 460 g/mol. The van der Waals surface area contributed by atoms with Gasteiger partial charge in [-0.15, -0.1) is 0 Å². The van der Waals surface area contributed by atoms with Crippen molar-refractivity contribution in [3.63, 3.8) is 0 Å². The van der Waals surface area contributed by atoms with E-state index >= 15 is 0 Å². The molecule has 0 aliphatic heterocycles. The average molecular weight is 485 g/mol. The van der Waals surface area contributed by atoms with E-state index in [0.29, 0.717) is 31.9 Å². The van der Waals surface area contributed by atoms with Crippen LogP contribution in [0.1, 0.15) is 31.4 Å². The van der Waals surface area contributed by atoms with E-state index in [2.05, 4.69) is 27.9 Å². The van der Waals surface area contributed by atoms with Gasteiger partial charge >= 0.3 is 5.97 Å². The molecule has 27 heavy (non-hydrogen) atoms. The van der Waals surface area contributed by atoms with Crippen LogP contribution in [0, 0.1) is 15.3 Å². The van der Waals surface area contributed by atoms with Crippen molar-refractivity contribution in [3.05, 3.63) is 63.0 Å². The van der Waals surface area contributed by atoms with Gasteiger partial charge < -0.3 is 15.2 Å². The highest BCUT2D eigenvalue weighted by molar-refractivity contribution is 14.1. The highest BCUT2D eigenvalue weighted by atomic mass is 127. The van der Waals surface area contributed by atoms with Crippen LogP contribution in [0.15, 0.2) is 42.5 Å². The van der Waals surface area contributed by atoms with E-state index in [1.54, 1.807) is 12.1 Å². The molecule has 6 heteroatoms. The van der Waals surface area contributed by atoms with Crippen LogP contribution in [0.25, 0.3) is 0 Å². The van der Waals surface area contributed by atoms with E-state index in [0.717, 1.165) is 20.4 Å². The number of nitrogens with one attached hydrogen (secondary N) is 1. The fraction of sp³-hybridized carbons (Fsp3) is 0.381. The first-order valence-corrected chi connectivity index (χ1v) is 10.0. The van der Waals surface area contributed by atoms with Crippen molar-refractivity contribution in [1.29, 1.82) is 0 Å². The molecule has 0 spiro atoms. The van der Waals surface area contributed by atoms with Gasteiger partial charge in [-0.1, -0.05) is 26.0 Å². The molecule has 1 atom stereocenters. The highest BCUT2D eigenvalue weighted by Crippen LogP contribution is 2.21. The van der Waals surface area contributed by atoms with Crippen LogP contribution in [0.2, 0.25) is 0 Å². The van der Waals surface area contributed by atoms with Gasteiger partial charge in [0.15, 0.2) is 0 Å². The van der Waals surface area contributed by atoms with Gasteiger partial charge in [-0.2, -0.15) is 0 Å². The summed E-state index contributed by atoms with van der Waals surface area (Å²) in [6.07, 6.45) is 1.32. The maximum Gasteiger partial charge on any atom is 0.320 e. The number of carbonyl (C=O) groups is 1.